The highest BCUT2D eigenvalue weighted by Gasteiger charge is 2.22. The summed E-state index contributed by atoms with van der Waals surface area (Å²) in [4.78, 5) is 17.5. The molecule has 2 heterocycles. The Kier molecular flexibility index (Phi) is 8.24. The number of carbonyl (C=O) groups is 1. The van der Waals surface area contributed by atoms with Crippen LogP contribution >= 0.6 is 0 Å². The van der Waals surface area contributed by atoms with Crippen molar-refractivity contribution in [2.45, 2.75) is 38.8 Å². The molecule has 0 aromatic heterocycles. The summed E-state index contributed by atoms with van der Waals surface area (Å²) in [7, 11) is 3.45. The van der Waals surface area contributed by atoms with Crippen molar-refractivity contribution in [2.24, 2.45) is 5.92 Å². The van der Waals surface area contributed by atoms with Crippen molar-refractivity contribution in [3.05, 3.63) is 59.2 Å². The fraction of sp³-hybridized carbons (Fsp3) is 0.519. The Morgan fingerprint density at radius 1 is 1.12 bits per heavy atom. The first kappa shape index (κ1) is 23.6. The van der Waals surface area contributed by atoms with Crippen LogP contribution in [0.2, 0.25) is 0 Å². The predicted octanol–water partition coefficient (Wildman–Crippen LogP) is 3.91. The molecule has 6 nitrogen and oxygen atoms in total. The van der Waals surface area contributed by atoms with E-state index >= 15 is 0 Å². The van der Waals surface area contributed by atoms with Gasteiger partial charge in [0.1, 0.15) is 18.1 Å². The second-order valence-electron chi connectivity index (χ2n) is 9.16. The first-order valence-electron chi connectivity index (χ1n) is 12.0. The van der Waals surface area contributed by atoms with Crippen LogP contribution in [-0.4, -0.2) is 62.8 Å². The molecule has 0 aliphatic carbocycles. The Labute approximate surface area is 197 Å². The first-order chi connectivity index (χ1) is 16.1. The summed E-state index contributed by atoms with van der Waals surface area (Å²) in [5, 5.41) is 0. The van der Waals surface area contributed by atoms with Gasteiger partial charge in [-0.25, -0.2) is 0 Å². The second-order valence-corrected chi connectivity index (χ2v) is 9.16. The van der Waals surface area contributed by atoms with Crippen molar-refractivity contribution in [1.29, 1.82) is 0 Å². The summed E-state index contributed by atoms with van der Waals surface area (Å²) in [6.45, 7) is 5.72. The molecule has 2 aliphatic heterocycles. The van der Waals surface area contributed by atoms with Crippen LogP contribution in [-0.2, 0) is 29.0 Å². The first-order valence-corrected chi connectivity index (χ1v) is 12.0. The molecule has 1 saturated heterocycles. The number of fused-ring (bicyclic) bond motifs is 1. The molecule has 0 N–H and O–H groups in total. The number of likely N-dealkylation sites (tertiary alicyclic amines) is 1. The van der Waals surface area contributed by atoms with Crippen LogP contribution in [0.15, 0.2) is 42.5 Å². The average molecular weight is 453 g/mol. The molecule has 33 heavy (non-hydrogen) atoms. The molecular formula is C27H36N2O4. The van der Waals surface area contributed by atoms with Crippen molar-refractivity contribution in [3.8, 4) is 11.5 Å². The molecule has 4 rings (SSSR count). The van der Waals surface area contributed by atoms with Crippen LogP contribution in [0.5, 0.6) is 11.5 Å². The Morgan fingerprint density at radius 2 is 2.03 bits per heavy atom. The molecule has 2 aliphatic rings. The van der Waals surface area contributed by atoms with Gasteiger partial charge in [-0.3, -0.25) is 9.69 Å². The number of aryl methyl sites for hydroxylation is 1. The number of hydrogen-bond acceptors (Lipinski definition) is 5. The fourth-order valence-electron chi connectivity index (χ4n) is 4.92. The van der Waals surface area contributed by atoms with E-state index in [1.54, 1.807) is 14.2 Å². The minimum Gasteiger partial charge on any atom is -0.497 e. The number of hydrogen-bond donors (Lipinski definition) is 0. The molecule has 1 fully saturated rings. The van der Waals surface area contributed by atoms with Gasteiger partial charge in [0.05, 0.1) is 20.3 Å². The maximum Gasteiger partial charge on any atom is 0.223 e. The third-order valence-corrected chi connectivity index (χ3v) is 6.63. The van der Waals surface area contributed by atoms with E-state index in [1.165, 1.54) is 18.4 Å². The van der Waals surface area contributed by atoms with Crippen LogP contribution in [0, 0.1) is 5.92 Å². The van der Waals surface area contributed by atoms with Crippen molar-refractivity contribution in [2.75, 3.05) is 47.1 Å². The molecule has 2 aromatic rings. The molecule has 0 radical (unpaired) electrons. The molecule has 1 atom stereocenters. The smallest absolute Gasteiger partial charge is 0.223 e. The lowest BCUT2D eigenvalue weighted by atomic mass is 9.98. The number of benzene rings is 2. The number of carbonyl (C=O) groups excluding carboxylic acids is 1. The quantitative estimate of drug-likeness (QED) is 0.608. The van der Waals surface area contributed by atoms with E-state index in [0.717, 1.165) is 48.9 Å². The average Bonchev–Trinajstić information content (AvgIpc) is 3.05. The Balaban J connectivity index is 1.37. The van der Waals surface area contributed by atoms with Gasteiger partial charge in [0.2, 0.25) is 5.91 Å². The molecule has 1 amide bonds. The maximum absolute atomic E-state index is 13.0. The summed E-state index contributed by atoms with van der Waals surface area (Å²) in [6.07, 6.45) is 3.65. The molecule has 2 aromatic carbocycles. The third kappa shape index (κ3) is 6.49. The van der Waals surface area contributed by atoms with Gasteiger partial charge in [-0.15, -0.1) is 0 Å². The van der Waals surface area contributed by atoms with Crippen molar-refractivity contribution < 1.29 is 19.0 Å². The van der Waals surface area contributed by atoms with Crippen molar-refractivity contribution >= 4 is 5.91 Å². The number of amides is 1. The van der Waals surface area contributed by atoms with Gasteiger partial charge in [0.25, 0.3) is 0 Å². The lowest BCUT2D eigenvalue weighted by molar-refractivity contribution is -0.131. The third-order valence-electron chi connectivity index (χ3n) is 6.63. The van der Waals surface area contributed by atoms with Crippen LogP contribution < -0.4 is 9.47 Å². The van der Waals surface area contributed by atoms with Gasteiger partial charge in [0.15, 0.2) is 0 Å². The van der Waals surface area contributed by atoms with E-state index in [1.807, 2.05) is 29.2 Å². The zero-order valence-corrected chi connectivity index (χ0v) is 19.9. The zero-order valence-electron chi connectivity index (χ0n) is 19.9. The van der Waals surface area contributed by atoms with E-state index in [2.05, 4.69) is 23.1 Å². The minimum atomic E-state index is 0.165. The summed E-state index contributed by atoms with van der Waals surface area (Å²) in [5.74, 6) is 2.51. The van der Waals surface area contributed by atoms with Crippen molar-refractivity contribution in [1.82, 2.24) is 9.80 Å². The molecule has 0 saturated carbocycles. The predicted molar refractivity (Wildman–Crippen MR) is 129 cm³/mol. The van der Waals surface area contributed by atoms with E-state index in [-0.39, 0.29) is 5.91 Å². The zero-order chi connectivity index (χ0) is 23.0. The van der Waals surface area contributed by atoms with E-state index < -0.39 is 0 Å². The van der Waals surface area contributed by atoms with Crippen LogP contribution in [0.3, 0.4) is 0 Å². The Bertz CT molecular complexity index is 930. The van der Waals surface area contributed by atoms with Gasteiger partial charge < -0.3 is 19.1 Å². The monoisotopic (exact) mass is 452 g/mol. The summed E-state index contributed by atoms with van der Waals surface area (Å²) >= 11 is 0. The van der Waals surface area contributed by atoms with Gasteiger partial charge in [-0.05, 0) is 67.1 Å². The number of ether oxygens (including phenoxy) is 3. The second kappa shape index (κ2) is 11.5. The summed E-state index contributed by atoms with van der Waals surface area (Å²) in [6, 6.07) is 14.4. The minimum absolute atomic E-state index is 0.165. The number of rotatable bonds is 8. The fourth-order valence-corrected chi connectivity index (χ4v) is 4.92. The summed E-state index contributed by atoms with van der Waals surface area (Å²) < 4.78 is 16.6. The van der Waals surface area contributed by atoms with Crippen molar-refractivity contribution in [3.63, 3.8) is 0 Å². The van der Waals surface area contributed by atoms with Gasteiger partial charge in [-0.2, -0.15) is 0 Å². The number of nitrogens with zero attached hydrogens (tertiary/aromatic N) is 2. The highest BCUT2D eigenvalue weighted by molar-refractivity contribution is 5.76. The lowest BCUT2D eigenvalue weighted by Crippen LogP contribution is -2.36. The molecule has 0 spiro atoms. The lowest BCUT2D eigenvalue weighted by Gasteiger charge is -2.32. The Morgan fingerprint density at radius 3 is 2.88 bits per heavy atom. The van der Waals surface area contributed by atoms with Crippen LogP contribution in [0.1, 0.15) is 36.0 Å². The van der Waals surface area contributed by atoms with Crippen LogP contribution in [0.25, 0.3) is 0 Å². The van der Waals surface area contributed by atoms with Gasteiger partial charge in [0, 0.05) is 38.7 Å². The normalized spacial score (nSPS) is 18.8. The van der Waals surface area contributed by atoms with Gasteiger partial charge >= 0.3 is 0 Å². The standard InChI is InChI=1S/C27H36N2O4/c1-31-20-23-6-4-12-28(18-23)17-22-8-10-26-24(15-22)19-29(13-14-33-26)27(30)11-9-21-5-3-7-25(16-21)32-2/h3,5,7-8,10,15-16,23H,4,6,9,11-14,17-20H2,1-2H3. The molecule has 178 valence electrons. The number of piperidine rings is 1. The topological polar surface area (TPSA) is 51.2 Å². The molecular weight excluding hydrogens is 416 g/mol. The van der Waals surface area contributed by atoms with Gasteiger partial charge in [-0.1, -0.05) is 18.2 Å². The number of methoxy groups -OCH3 is 2. The largest absolute Gasteiger partial charge is 0.497 e. The molecule has 6 heteroatoms. The molecule has 0 bridgehead atoms. The van der Waals surface area contributed by atoms with E-state index in [9.17, 15) is 4.79 Å². The highest BCUT2D eigenvalue weighted by atomic mass is 16.5. The van der Waals surface area contributed by atoms with Crippen LogP contribution in [0.4, 0.5) is 0 Å². The van der Waals surface area contributed by atoms with E-state index in [0.29, 0.717) is 38.5 Å². The Hall–Kier alpha value is -2.57. The van der Waals surface area contributed by atoms with E-state index in [4.69, 9.17) is 14.2 Å². The summed E-state index contributed by atoms with van der Waals surface area (Å²) in [5.41, 5.74) is 3.50. The highest BCUT2D eigenvalue weighted by Crippen LogP contribution is 2.27. The SMILES string of the molecule is COCC1CCCN(Cc2ccc3c(c2)CN(C(=O)CCc2cccc(OC)c2)CCO3)C1. The molecule has 1 unspecified atom stereocenters. The maximum atomic E-state index is 13.0.